The molecule has 77 heavy (non-hydrogen) atoms. The van der Waals surface area contributed by atoms with Crippen LogP contribution < -0.4 is 0 Å². The average Bonchev–Trinajstić information content (AvgIpc) is 4.31. The maximum atomic E-state index is 15.2. The van der Waals surface area contributed by atoms with Crippen LogP contribution in [-0.4, -0.2) is 18.3 Å². The van der Waals surface area contributed by atoms with E-state index in [9.17, 15) is 5.26 Å². The van der Waals surface area contributed by atoms with Gasteiger partial charge in [0.1, 0.15) is 0 Å². The highest BCUT2D eigenvalue weighted by Gasteiger charge is 2.35. The minimum absolute atomic E-state index is 0.125. The van der Waals surface area contributed by atoms with E-state index in [-0.39, 0.29) is 5.56 Å². The first-order valence-corrected chi connectivity index (χ1v) is 25.6. The van der Waals surface area contributed by atoms with E-state index in [0.717, 1.165) is 115 Å². The highest BCUT2D eigenvalue weighted by Crippen LogP contribution is 2.48. The van der Waals surface area contributed by atoms with E-state index in [1.165, 1.54) is 12.1 Å². The number of hydrogen-bond donors (Lipinski definition) is 0. The van der Waals surface area contributed by atoms with Crippen molar-refractivity contribution < 1.29 is 13.2 Å². The molecule has 0 radical (unpaired) electrons. The number of hydrogen-bond acceptors (Lipinski definition) is 1. The van der Waals surface area contributed by atoms with Crippen molar-refractivity contribution in [2.24, 2.45) is 0 Å². The molecule has 0 amide bonds. The molecule has 4 heterocycles. The first-order valence-electron chi connectivity index (χ1n) is 25.6. The monoisotopic (exact) mass is 997 g/mol. The van der Waals surface area contributed by atoms with Crippen molar-refractivity contribution in [1.29, 1.82) is 5.26 Å². The summed E-state index contributed by atoms with van der Waals surface area (Å²) >= 11 is 0. The molecule has 0 spiro atoms. The fraction of sp³-hybridized carbons (Fsp3) is 0.0290. The molecular weight excluding hydrogens is 956 g/mol. The normalized spacial score (nSPS) is 12.1. The molecule has 0 saturated heterocycles. The van der Waals surface area contributed by atoms with Crippen molar-refractivity contribution in [3.8, 4) is 51.1 Å². The molecule has 0 aliphatic heterocycles. The molecule has 0 bridgehead atoms. The zero-order chi connectivity index (χ0) is 51.7. The fourth-order valence-corrected chi connectivity index (χ4v) is 12.6. The van der Waals surface area contributed by atoms with E-state index in [2.05, 4.69) is 182 Å². The molecule has 15 rings (SSSR count). The summed E-state index contributed by atoms with van der Waals surface area (Å²) in [6, 6.07) is 81.6. The van der Waals surface area contributed by atoms with Gasteiger partial charge in [-0.15, -0.1) is 0 Å². The van der Waals surface area contributed by atoms with Gasteiger partial charge < -0.3 is 18.3 Å². The van der Waals surface area contributed by atoms with E-state index in [1.54, 1.807) is 13.0 Å². The third kappa shape index (κ3) is 6.47. The lowest BCUT2D eigenvalue weighted by molar-refractivity contribution is -0.137. The van der Waals surface area contributed by atoms with Crippen molar-refractivity contribution in [2.75, 3.05) is 0 Å². The van der Waals surface area contributed by atoms with Gasteiger partial charge in [-0.25, -0.2) is 0 Å². The Balaban J connectivity index is 1.09. The molecule has 0 atom stereocenters. The predicted molar refractivity (Wildman–Crippen MR) is 309 cm³/mol. The van der Waals surface area contributed by atoms with Gasteiger partial charge in [0.15, 0.2) is 0 Å². The molecule has 0 aliphatic carbocycles. The Morgan fingerprint density at radius 2 is 0.818 bits per heavy atom. The predicted octanol–water partition coefficient (Wildman–Crippen LogP) is 18.6. The standard InChI is InChI=1S/C69H42F3N5/c1-42-17-16-26-55(69(70,71)72)64(42)44-32-34-50(63(40-44)77-59-30-15-11-25-54(59)66-61(77)38-36-52-48-23-9-13-28-57(48)75(68(52)66)46-20-6-3-7-21-46)49-33-31-43(41-73)39-62(49)76-58-29-14-10-24-53(58)65-60(76)37-35-51-47-22-8-12-27-56(47)74(67(51)65)45-18-4-2-5-19-45/h2-40H,1H3. The quantitative estimate of drug-likeness (QED) is 0.164. The van der Waals surface area contributed by atoms with E-state index in [0.29, 0.717) is 22.4 Å². The smallest absolute Gasteiger partial charge is 0.309 e. The van der Waals surface area contributed by atoms with Gasteiger partial charge in [-0.05, 0) is 109 Å². The van der Waals surface area contributed by atoms with Gasteiger partial charge in [0.05, 0.1) is 72.7 Å². The number of halogens is 3. The van der Waals surface area contributed by atoms with Crippen LogP contribution in [0, 0.1) is 18.3 Å². The molecule has 4 aromatic heterocycles. The van der Waals surface area contributed by atoms with Crippen LogP contribution in [0.1, 0.15) is 16.7 Å². The molecule has 0 aliphatic rings. The third-order valence-electron chi connectivity index (χ3n) is 15.7. The average molecular weight is 998 g/mol. The van der Waals surface area contributed by atoms with E-state index < -0.39 is 11.7 Å². The third-order valence-corrected chi connectivity index (χ3v) is 15.7. The Kier molecular flexibility index (Phi) is 9.63. The van der Waals surface area contributed by atoms with Crippen molar-refractivity contribution in [2.45, 2.75) is 13.1 Å². The van der Waals surface area contributed by atoms with Crippen LogP contribution in [0.15, 0.2) is 237 Å². The van der Waals surface area contributed by atoms with Gasteiger partial charge in [-0.1, -0.05) is 152 Å². The summed E-state index contributed by atoms with van der Waals surface area (Å²) in [5.41, 5.74) is 13.8. The van der Waals surface area contributed by atoms with Gasteiger partial charge in [0, 0.05) is 65.6 Å². The topological polar surface area (TPSA) is 43.5 Å². The van der Waals surface area contributed by atoms with Crippen LogP contribution in [0.3, 0.4) is 0 Å². The summed E-state index contributed by atoms with van der Waals surface area (Å²) < 4.78 is 54.9. The molecule has 15 aromatic rings. The summed E-state index contributed by atoms with van der Waals surface area (Å²) in [4.78, 5) is 0. The first-order chi connectivity index (χ1) is 37.8. The number of aryl methyl sites for hydroxylation is 1. The van der Waals surface area contributed by atoms with Crippen LogP contribution in [-0.2, 0) is 6.18 Å². The summed E-state index contributed by atoms with van der Waals surface area (Å²) in [5.74, 6) is 0. The van der Waals surface area contributed by atoms with Crippen LogP contribution in [0.5, 0.6) is 0 Å². The molecular formula is C69H42F3N5. The van der Waals surface area contributed by atoms with Crippen molar-refractivity contribution in [3.63, 3.8) is 0 Å². The van der Waals surface area contributed by atoms with Crippen LogP contribution >= 0.6 is 0 Å². The van der Waals surface area contributed by atoms with Gasteiger partial charge in [-0.2, -0.15) is 18.4 Å². The Labute approximate surface area is 439 Å². The summed E-state index contributed by atoms with van der Waals surface area (Å²) in [6.07, 6.45) is -4.61. The number of rotatable bonds is 6. The summed E-state index contributed by atoms with van der Waals surface area (Å²) in [6.45, 7) is 1.74. The maximum absolute atomic E-state index is 15.2. The maximum Gasteiger partial charge on any atom is 0.417 e. The van der Waals surface area contributed by atoms with Crippen LogP contribution in [0.4, 0.5) is 13.2 Å². The molecule has 364 valence electrons. The molecule has 0 N–H and O–H groups in total. The summed E-state index contributed by atoms with van der Waals surface area (Å²) in [7, 11) is 0. The SMILES string of the molecule is Cc1cccc(C(F)(F)F)c1-c1ccc(-c2ccc(C#N)cc2-n2c3ccccc3c3c2ccc2c4ccccc4n(-c4ccccc4)c23)c(-n2c3ccccc3c3c2ccc2c4ccccc4n(-c4ccccc4)c23)c1. The van der Waals surface area contributed by atoms with E-state index >= 15 is 13.2 Å². The number of alkyl halides is 3. The number of para-hydroxylation sites is 6. The first kappa shape index (κ1) is 44.4. The minimum atomic E-state index is -4.61. The minimum Gasteiger partial charge on any atom is -0.309 e. The molecule has 5 nitrogen and oxygen atoms in total. The lowest BCUT2D eigenvalue weighted by Crippen LogP contribution is -2.08. The van der Waals surface area contributed by atoms with Crippen LogP contribution in [0.2, 0.25) is 0 Å². The lowest BCUT2D eigenvalue weighted by atomic mass is 9.91. The molecule has 8 heteroatoms. The number of benzene rings is 11. The number of fused-ring (bicyclic) bond motifs is 14. The Morgan fingerprint density at radius 1 is 0.377 bits per heavy atom. The Morgan fingerprint density at radius 3 is 1.31 bits per heavy atom. The van der Waals surface area contributed by atoms with Crippen molar-refractivity contribution in [3.05, 3.63) is 253 Å². The Bertz CT molecular complexity index is 4990. The van der Waals surface area contributed by atoms with Crippen molar-refractivity contribution in [1.82, 2.24) is 18.3 Å². The zero-order valence-corrected chi connectivity index (χ0v) is 41.4. The van der Waals surface area contributed by atoms with E-state index in [4.69, 9.17) is 0 Å². The van der Waals surface area contributed by atoms with Crippen LogP contribution in [0.25, 0.3) is 132 Å². The second-order valence-electron chi connectivity index (χ2n) is 19.9. The summed E-state index contributed by atoms with van der Waals surface area (Å²) in [5, 5.41) is 19.3. The molecule has 0 fully saturated rings. The second-order valence-corrected chi connectivity index (χ2v) is 19.9. The lowest BCUT2D eigenvalue weighted by Gasteiger charge is -2.21. The molecule has 11 aromatic carbocycles. The van der Waals surface area contributed by atoms with E-state index in [1.807, 2.05) is 60.7 Å². The van der Waals surface area contributed by atoms with Gasteiger partial charge in [-0.3, -0.25) is 0 Å². The van der Waals surface area contributed by atoms with Gasteiger partial charge >= 0.3 is 6.18 Å². The Hall–Kier alpha value is -10.1. The van der Waals surface area contributed by atoms with Gasteiger partial charge in [0.2, 0.25) is 0 Å². The fourth-order valence-electron chi connectivity index (χ4n) is 12.6. The largest absolute Gasteiger partial charge is 0.417 e. The highest BCUT2D eigenvalue weighted by atomic mass is 19.4. The molecule has 0 unspecified atom stereocenters. The second kappa shape index (κ2) is 16.7. The highest BCUT2D eigenvalue weighted by molar-refractivity contribution is 6.28. The zero-order valence-electron chi connectivity index (χ0n) is 41.4. The molecule has 0 saturated carbocycles. The van der Waals surface area contributed by atoms with Gasteiger partial charge in [0.25, 0.3) is 0 Å². The number of nitrogens with zero attached hydrogens (tertiary/aromatic N) is 5. The number of nitriles is 1. The van der Waals surface area contributed by atoms with Crippen molar-refractivity contribution >= 4 is 87.2 Å². The number of aromatic nitrogens is 4.